The number of ether oxygens (including phenoxy) is 1. The number of anilines is 1. The Morgan fingerprint density at radius 2 is 2.31 bits per heavy atom. The van der Waals surface area contributed by atoms with Crippen molar-refractivity contribution in [2.75, 3.05) is 25.6 Å². The number of nitrogens with two attached hydrogens (primary N) is 1. The Labute approximate surface area is 96.4 Å². The largest absolute Gasteiger partial charge is 0.508 e. The van der Waals surface area contributed by atoms with Gasteiger partial charge >= 0.3 is 0 Å². The van der Waals surface area contributed by atoms with E-state index < -0.39 is 0 Å². The molecule has 0 saturated carbocycles. The summed E-state index contributed by atoms with van der Waals surface area (Å²) in [6.07, 6.45) is 1.92. The van der Waals surface area contributed by atoms with Crippen LogP contribution in [0.3, 0.4) is 0 Å². The highest BCUT2D eigenvalue weighted by Crippen LogP contribution is 2.17. The van der Waals surface area contributed by atoms with E-state index in [-0.39, 0.29) is 11.8 Å². The van der Waals surface area contributed by atoms with Crippen LogP contribution >= 0.6 is 0 Å². The number of rotatable bonds is 7. The molecular formula is C12H20N2O2. The van der Waals surface area contributed by atoms with Crippen molar-refractivity contribution >= 4 is 5.69 Å². The van der Waals surface area contributed by atoms with Crippen LogP contribution < -0.4 is 11.1 Å². The highest BCUT2D eigenvalue weighted by Gasteiger charge is 2.07. The molecule has 0 spiro atoms. The van der Waals surface area contributed by atoms with Gasteiger partial charge in [0.05, 0.1) is 6.61 Å². The summed E-state index contributed by atoms with van der Waals surface area (Å²) >= 11 is 0. The summed E-state index contributed by atoms with van der Waals surface area (Å²) in [5, 5.41) is 12.7. The number of phenolic OH excluding ortho intramolecular Hbond substituents is 1. The average Bonchev–Trinajstić information content (AvgIpc) is 2.26. The van der Waals surface area contributed by atoms with E-state index in [1.54, 1.807) is 19.2 Å². The third kappa shape index (κ3) is 4.51. The van der Waals surface area contributed by atoms with Crippen LogP contribution in [0.5, 0.6) is 5.75 Å². The van der Waals surface area contributed by atoms with E-state index in [0.717, 1.165) is 18.5 Å². The summed E-state index contributed by atoms with van der Waals surface area (Å²) in [4.78, 5) is 0. The van der Waals surface area contributed by atoms with Gasteiger partial charge < -0.3 is 20.9 Å². The highest BCUT2D eigenvalue weighted by molar-refractivity contribution is 5.48. The molecule has 1 aromatic carbocycles. The van der Waals surface area contributed by atoms with E-state index >= 15 is 0 Å². The van der Waals surface area contributed by atoms with Crippen LogP contribution in [0.1, 0.15) is 12.8 Å². The fourth-order valence-electron chi connectivity index (χ4n) is 1.59. The molecule has 1 rings (SSSR count). The molecule has 0 bridgehead atoms. The first kappa shape index (κ1) is 12.8. The summed E-state index contributed by atoms with van der Waals surface area (Å²) in [5.41, 5.74) is 6.38. The number of phenols is 1. The number of hydrogen-bond acceptors (Lipinski definition) is 4. The van der Waals surface area contributed by atoms with E-state index in [0.29, 0.717) is 13.2 Å². The number of aromatic hydroxyl groups is 1. The molecule has 0 aliphatic rings. The van der Waals surface area contributed by atoms with Crippen LogP contribution in [0.2, 0.25) is 0 Å². The maximum Gasteiger partial charge on any atom is 0.117 e. The average molecular weight is 224 g/mol. The third-order valence-corrected chi connectivity index (χ3v) is 2.34. The lowest BCUT2D eigenvalue weighted by Gasteiger charge is -2.18. The first-order valence-corrected chi connectivity index (χ1v) is 5.51. The van der Waals surface area contributed by atoms with Gasteiger partial charge in [0.15, 0.2) is 0 Å². The summed E-state index contributed by atoms with van der Waals surface area (Å²) in [6, 6.07) is 7.31. The van der Waals surface area contributed by atoms with Crippen LogP contribution in [0.4, 0.5) is 5.69 Å². The molecular weight excluding hydrogens is 204 g/mol. The van der Waals surface area contributed by atoms with Crippen molar-refractivity contribution < 1.29 is 9.84 Å². The van der Waals surface area contributed by atoms with Gasteiger partial charge in [-0.2, -0.15) is 0 Å². The molecule has 0 aliphatic carbocycles. The van der Waals surface area contributed by atoms with E-state index in [1.807, 2.05) is 12.1 Å². The quantitative estimate of drug-likeness (QED) is 0.657. The van der Waals surface area contributed by atoms with Crippen molar-refractivity contribution in [3.63, 3.8) is 0 Å². The molecule has 0 aromatic heterocycles. The van der Waals surface area contributed by atoms with Gasteiger partial charge in [-0.3, -0.25) is 0 Å². The highest BCUT2D eigenvalue weighted by atomic mass is 16.5. The first-order chi connectivity index (χ1) is 7.76. The molecule has 0 amide bonds. The molecule has 0 radical (unpaired) electrons. The predicted molar refractivity (Wildman–Crippen MR) is 65.7 cm³/mol. The van der Waals surface area contributed by atoms with Crippen molar-refractivity contribution in [1.82, 2.24) is 0 Å². The van der Waals surface area contributed by atoms with E-state index in [4.69, 9.17) is 10.5 Å². The molecule has 0 fully saturated rings. The lowest BCUT2D eigenvalue weighted by atomic mass is 10.1. The minimum absolute atomic E-state index is 0.232. The van der Waals surface area contributed by atoms with Crippen LogP contribution in [0.25, 0.3) is 0 Å². The summed E-state index contributed by atoms with van der Waals surface area (Å²) in [6.45, 7) is 1.32. The molecule has 0 saturated heterocycles. The van der Waals surface area contributed by atoms with E-state index in [2.05, 4.69) is 5.32 Å². The molecule has 4 N–H and O–H groups in total. The van der Waals surface area contributed by atoms with Crippen molar-refractivity contribution in [1.29, 1.82) is 0 Å². The van der Waals surface area contributed by atoms with Gasteiger partial charge in [-0.1, -0.05) is 6.07 Å². The van der Waals surface area contributed by atoms with Gasteiger partial charge in [-0.05, 0) is 31.5 Å². The maximum absolute atomic E-state index is 9.34. The van der Waals surface area contributed by atoms with Crippen LogP contribution in [0.15, 0.2) is 24.3 Å². The standard InChI is InChI=1S/C12H20N2O2/c1-16-9-11(5-3-7-13)14-10-4-2-6-12(15)8-10/h2,4,6,8,11,14-15H,3,5,7,9,13H2,1H3. The minimum Gasteiger partial charge on any atom is -0.508 e. The number of methoxy groups -OCH3 is 1. The zero-order valence-electron chi connectivity index (χ0n) is 9.65. The van der Waals surface area contributed by atoms with Crippen molar-refractivity contribution in [2.24, 2.45) is 5.73 Å². The Morgan fingerprint density at radius 3 is 2.94 bits per heavy atom. The molecule has 1 aromatic rings. The van der Waals surface area contributed by atoms with E-state index in [1.165, 1.54) is 0 Å². The number of hydrogen-bond donors (Lipinski definition) is 3. The molecule has 16 heavy (non-hydrogen) atoms. The molecule has 0 heterocycles. The van der Waals surface area contributed by atoms with Gasteiger partial charge in [0.25, 0.3) is 0 Å². The molecule has 1 unspecified atom stereocenters. The van der Waals surface area contributed by atoms with Crippen LogP contribution in [-0.4, -0.2) is 31.4 Å². The van der Waals surface area contributed by atoms with Gasteiger partial charge in [0.2, 0.25) is 0 Å². The predicted octanol–water partition coefficient (Wildman–Crippen LogP) is 1.56. The molecule has 1 atom stereocenters. The summed E-state index contributed by atoms with van der Waals surface area (Å²) in [5.74, 6) is 0.264. The zero-order chi connectivity index (χ0) is 11.8. The second kappa shape index (κ2) is 7.09. The SMILES string of the molecule is COCC(CCCN)Nc1cccc(O)c1. The third-order valence-electron chi connectivity index (χ3n) is 2.34. The Bertz CT molecular complexity index is 305. The monoisotopic (exact) mass is 224 g/mol. The van der Waals surface area contributed by atoms with Gasteiger partial charge in [0, 0.05) is 24.9 Å². The zero-order valence-corrected chi connectivity index (χ0v) is 9.65. The van der Waals surface area contributed by atoms with Crippen molar-refractivity contribution in [3.05, 3.63) is 24.3 Å². The second-order valence-electron chi connectivity index (χ2n) is 3.78. The Morgan fingerprint density at radius 1 is 1.50 bits per heavy atom. The summed E-state index contributed by atoms with van der Waals surface area (Å²) < 4.78 is 5.14. The number of benzene rings is 1. The van der Waals surface area contributed by atoms with Crippen molar-refractivity contribution in [2.45, 2.75) is 18.9 Å². The van der Waals surface area contributed by atoms with Gasteiger partial charge in [0.1, 0.15) is 5.75 Å². The minimum atomic E-state index is 0.232. The lowest BCUT2D eigenvalue weighted by Crippen LogP contribution is -2.25. The Kier molecular flexibility index (Phi) is 5.67. The molecule has 0 aliphatic heterocycles. The molecule has 90 valence electrons. The number of nitrogens with one attached hydrogen (secondary N) is 1. The maximum atomic E-state index is 9.34. The second-order valence-corrected chi connectivity index (χ2v) is 3.78. The van der Waals surface area contributed by atoms with Gasteiger partial charge in [-0.25, -0.2) is 0 Å². The normalized spacial score (nSPS) is 12.4. The Hall–Kier alpha value is -1.26. The fourth-order valence-corrected chi connectivity index (χ4v) is 1.59. The summed E-state index contributed by atoms with van der Waals surface area (Å²) in [7, 11) is 1.68. The van der Waals surface area contributed by atoms with E-state index in [9.17, 15) is 5.11 Å². The smallest absolute Gasteiger partial charge is 0.117 e. The topological polar surface area (TPSA) is 67.5 Å². The van der Waals surface area contributed by atoms with Crippen LogP contribution in [0, 0.1) is 0 Å². The van der Waals surface area contributed by atoms with Gasteiger partial charge in [-0.15, -0.1) is 0 Å². The molecule has 4 heteroatoms. The fraction of sp³-hybridized carbons (Fsp3) is 0.500. The lowest BCUT2D eigenvalue weighted by molar-refractivity contribution is 0.182. The molecule has 4 nitrogen and oxygen atoms in total. The van der Waals surface area contributed by atoms with Crippen LogP contribution in [-0.2, 0) is 4.74 Å². The first-order valence-electron chi connectivity index (χ1n) is 5.51. The Balaban J connectivity index is 2.52. The van der Waals surface area contributed by atoms with Crippen molar-refractivity contribution in [3.8, 4) is 5.75 Å².